The minimum Gasteiger partial charge on any atom is -0.488 e. The van der Waals surface area contributed by atoms with E-state index in [0.29, 0.717) is 32.2 Å². The number of aliphatic imine (C=N–C) groups is 1. The van der Waals surface area contributed by atoms with Gasteiger partial charge in [-0.2, -0.15) is 4.31 Å². The zero-order chi connectivity index (χ0) is 21.6. The summed E-state index contributed by atoms with van der Waals surface area (Å²) in [4.78, 5) is 4.71. The zero-order valence-electron chi connectivity index (χ0n) is 18.2. The minimum atomic E-state index is -3.18. The predicted molar refractivity (Wildman–Crippen MR) is 118 cm³/mol. The fourth-order valence-electron chi connectivity index (χ4n) is 3.86. The maximum absolute atomic E-state index is 12.0. The van der Waals surface area contributed by atoms with E-state index < -0.39 is 10.0 Å². The molecule has 2 saturated heterocycles. The molecule has 2 fully saturated rings. The van der Waals surface area contributed by atoms with Gasteiger partial charge in [0.15, 0.2) is 5.96 Å². The van der Waals surface area contributed by atoms with Crippen molar-refractivity contribution in [2.75, 3.05) is 39.1 Å². The third-order valence-electron chi connectivity index (χ3n) is 5.41. The van der Waals surface area contributed by atoms with E-state index in [1.54, 1.807) is 4.31 Å². The van der Waals surface area contributed by atoms with Crippen LogP contribution in [0.1, 0.15) is 37.3 Å². The number of nitrogens with zero attached hydrogens (tertiary/aromatic N) is 2. The van der Waals surface area contributed by atoms with E-state index >= 15 is 0 Å². The number of nitrogens with one attached hydrogen (secondary N) is 2. The molecule has 0 amide bonds. The molecule has 0 bridgehead atoms. The Bertz CT molecular complexity index is 837. The summed E-state index contributed by atoms with van der Waals surface area (Å²) in [6, 6.07) is 6.12. The molecule has 0 aromatic heterocycles. The van der Waals surface area contributed by atoms with Crippen molar-refractivity contribution in [3.8, 4) is 5.75 Å². The van der Waals surface area contributed by atoms with E-state index in [2.05, 4.69) is 22.8 Å². The largest absolute Gasteiger partial charge is 0.488 e. The molecule has 0 aliphatic carbocycles. The molecule has 3 rings (SSSR count). The van der Waals surface area contributed by atoms with E-state index in [1.165, 1.54) is 6.26 Å². The first-order valence-corrected chi connectivity index (χ1v) is 12.5. The van der Waals surface area contributed by atoms with Gasteiger partial charge in [0.1, 0.15) is 11.9 Å². The van der Waals surface area contributed by atoms with Crippen LogP contribution in [0.3, 0.4) is 0 Å². The number of aryl methyl sites for hydroxylation is 1. The van der Waals surface area contributed by atoms with Gasteiger partial charge in [0.05, 0.1) is 26.0 Å². The summed E-state index contributed by atoms with van der Waals surface area (Å²) >= 11 is 0. The third-order valence-corrected chi connectivity index (χ3v) is 6.74. The second-order valence-corrected chi connectivity index (χ2v) is 9.90. The van der Waals surface area contributed by atoms with Gasteiger partial charge in [-0.05, 0) is 38.3 Å². The van der Waals surface area contributed by atoms with E-state index in [0.717, 1.165) is 49.3 Å². The molecule has 1 aromatic carbocycles. The normalized spacial score (nSPS) is 23.0. The number of benzene rings is 1. The van der Waals surface area contributed by atoms with Crippen LogP contribution in [0.15, 0.2) is 23.2 Å². The van der Waals surface area contributed by atoms with Crippen LogP contribution in [0.25, 0.3) is 0 Å². The fourth-order valence-corrected chi connectivity index (χ4v) is 5.04. The number of sulfonamides is 1. The van der Waals surface area contributed by atoms with Gasteiger partial charge in [0.2, 0.25) is 10.0 Å². The highest BCUT2D eigenvalue weighted by Crippen LogP contribution is 2.24. The SMILES string of the molecule is CCNC(=NCc1ccc(C)cc1OC1CCOC1)NC[C@H]1CCCN1S(C)(=O)=O. The third kappa shape index (κ3) is 6.33. The molecule has 0 saturated carbocycles. The maximum Gasteiger partial charge on any atom is 0.211 e. The molecule has 2 aliphatic heterocycles. The predicted octanol–water partition coefficient (Wildman–Crippen LogP) is 1.64. The number of ether oxygens (including phenoxy) is 2. The number of hydrogen-bond acceptors (Lipinski definition) is 5. The van der Waals surface area contributed by atoms with Crippen LogP contribution in [0, 0.1) is 6.92 Å². The van der Waals surface area contributed by atoms with Crippen molar-refractivity contribution in [1.82, 2.24) is 14.9 Å². The van der Waals surface area contributed by atoms with Crippen molar-refractivity contribution in [3.63, 3.8) is 0 Å². The summed E-state index contributed by atoms with van der Waals surface area (Å²) in [7, 11) is -3.18. The van der Waals surface area contributed by atoms with E-state index in [1.807, 2.05) is 19.9 Å². The fraction of sp³-hybridized carbons (Fsp3) is 0.667. The highest BCUT2D eigenvalue weighted by atomic mass is 32.2. The summed E-state index contributed by atoms with van der Waals surface area (Å²) in [5.74, 6) is 1.53. The van der Waals surface area contributed by atoms with Crippen LogP contribution in [-0.4, -0.2) is 69.9 Å². The molecule has 2 N–H and O–H groups in total. The molecule has 1 aromatic rings. The molecule has 30 heavy (non-hydrogen) atoms. The Labute approximate surface area is 180 Å². The van der Waals surface area contributed by atoms with Gasteiger partial charge in [0.25, 0.3) is 0 Å². The molecule has 9 heteroatoms. The molecular formula is C21H34N4O4S. The molecule has 8 nitrogen and oxygen atoms in total. The Morgan fingerprint density at radius 1 is 1.33 bits per heavy atom. The lowest BCUT2D eigenvalue weighted by atomic mass is 10.1. The average Bonchev–Trinajstić information content (AvgIpc) is 3.36. The van der Waals surface area contributed by atoms with Crippen molar-refractivity contribution in [2.45, 2.75) is 51.8 Å². The van der Waals surface area contributed by atoms with E-state index in [-0.39, 0.29) is 12.1 Å². The van der Waals surface area contributed by atoms with E-state index in [4.69, 9.17) is 14.5 Å². The Balaban J connectivity index is 1.65. The molecule has 1 unspecified atom stereocenters. The number of hydrogen-bond donors (Lipinski definition) is 2. The molecule has 0 radical (unpaired) electrons. The Kier molecular flexibility index (Phi) is 7.96. The minimum absolute atomic E-state index is 0.0375. The van der Waals surface area contributed by atoms with Gasteiger partial charge in [-0.25, -0.2) is 13.4 Å². The van der Waals surface area contributed by atoms with Crippen molar-refractivity contribution in [1.29, 1.82) is 0 Å². The van der Waals surface area contributed by atoms with Gasteiger partial charge in [0, 0.05) is 37.7 Å². The van der Waals surface area contributed by atoms with Crippen LogP contribution in [0.5, 0.6) is 5.75 Å². The summed E-state index contributed by atoms with van der Waals surface area (Å²) in [5, 5.41) is 6.56. The van der Waals surface area contributed by atoms with Gasteiger partial charge in [-0.3, -0.25) is 0 Å². The first kappa shape index (κ1) is 22.8. The average molecular weight is 439 g/mol. The quantitative estimate of drug-likeness (QED) is 0.474. The van der Waals surface area contributed by atoms with Crippen LogP contribution in [0.4, 0.5) is 0 Å². The van der Waals surface area contributed by atoms with Crippen molar-refractivity contribution in [2.24, 2.45) is 4.99 Å². The lowest BCUT2D eigenvalue weighted by molar-refractivity contribution is 0.140. The van der Waals surface area contributed by atoms with Crippen molar-refractivity contribution in [3.05, 3.63) is 29.3 Å². The lowest BCUT2D eigenvalue weighted by Crippen LogP contribution is -2.46. The van der Waals surface area contributed by atoms with Crippen LogP contribution in [0.2, 0.25) is 0 Å². The van der Waals surface area contributed by atoms with Crippen molar-refractivity contribution >= 4 is 16.0 Å². The van der Waals surface area contributed by atoms with Crippen LogP contribution < -0.4 is 15.4 Å². The van der Waals surface area contributed by atoms with Gasteiger partial charge < -0.3 is 20.1 Å². The van der Waals surface area contributed by atoms with E-state index in [9.17, 15) is 8.42 Å². The number of guanidine groups is 1. The van der Waals surface area contributed by atoms with Gasteiger partial charge in [-0.1, -0.05) is 12.1 Å². The smallest absolute Gasteiger partial charge is 0.211 e. The summed E-state index contributed by atoms with van der Waals surface area (Å²) in [5.41, 5.74) is 2.16. The summed E-state index contributed by atoms with van der Waals surface area (Å²) in [6.45, 7) is 7.75. The zero-order valence-corrected chi connectivity index (χ0v) is 19.0. The highest BCUT2D eigenvalue weighted by Gasteiger charge is 2.31. The second kappa shape index (κ2) is 10.5. The van der Waals surface area contributed by atoms with Gasteiger partial charge >= 0.3 is 0 Å². The maximum atomic E-state index is 12.0. The first-order chi connectivity index (χ1) is 14.4. The lowest BCUT2D eigenvalue weighted by Gasteiger charge is -2.23. The topological polar surface area (TPSA) is 92.3 Å². The van der Waals surface area contributed by atoms with Crippen LogP contribution >= 0.6 is 0 Å². The number of rotatable bonds is 8. The first-order valence-electron chi connectivity index (χ1n) is 10.7. The Morgan fingerprint density at radius 2 is 2.17 bits per heavy atom. The molecule has 2 heterocycles. The molecule has 0 spiro atoms. The molecule has 2 aliphatic rings. The monoisotopic (exact) mass is 438 g/mol. The Hall–Kier alpha value is -1.84. The van der Waals surface area contributed by atoms with Crippen LogP contribution in [-0.2, 0) is 21.3 Å². The highest BCUT2D eigenvalue weighted by molar-refractivity contribution is 7.88. The standard InChI is InChI=1S/C21H34N4O4S/c1-4-22-21(24-14-18-6-5-10-25(18)30(3,26)27)23-13-17-8-7-16(2)12-20(17)29-19-9-11-28-15-19/h7-8,12,18-19H,4-6,9-11,13-15H2,1-3H3,(H2,22,23,24)/t18-,19?/m1/s1. The van der Waals surface area contributed by atoms with Crippen molar-refractivity contribution < 1.29 is 17.9 Å². The molecule has 168 valence electrons. The second-order valence-electron chi connectivity index (χ2n) is 7.96. The Morgan fingerprint density at radius 3 is 2.87 bits per heavy atom. The molecule has 2 atom stereocenters. The molecular weight excluding hydrogens is 404 g/mol. The summed E-state index contributed by atoms with van der Waals surface area (Å²) < 4.78 is 37.1. The van der Waals surface area contributed by atoms with Gasteiger partial charge in [-0.15, -0.1) is 0 Å². The summed E-state index contributed by atoms with van der Waals surface area (Å²) in [6.07, 6.45) is 4.02.